The molecule has 0 unspecified atom stereocenters. The number of methoxy groups -OCH3 is 1. The second-order valence-corrected chi connectivity index (χ2v) is 9.52. The van der Waals surface area contributed by atoms with Gasteiger partial charge >= 0.3 is 6.18 Å². The van der Waals surface area contributed by atoms with Crippen LogP contribution in [0.25, 0.3) is 33.8 Å². The molecule has 0 bridgehead atoms. The van der Waals surface area contributed by atoms with Gasteiger partial charge in [0.2, 0.25) is 5.88 Å². The quantitative estimate of drug-likeness (QED) is 0.281. The van der Waals surface area contributed by atoms with Crippen LogP contribution in [-0.4, -0.2) is 41.2 Å². The normalized spacial score (nSPS) is 13.7. The van der Waals surface area contributed by atoms with Crippen molar-refractivity contribution in [1.82, 2.24) is 34.1 Å². The average molecular weight is 552 g/mol. The van der Waals surface area contributed by atoms with Crippen molar-refractivity contribution in [1.29, 1.82) is 0 Å². The minimum Gasteiger partial charge on any atom is -0.480 e. The van der Waals surface area contributed by atoms with Crippen molar-refractivity contribution in [3.63, 3.8) is 0 Å². The van der Waals surface area contributed by atoms with E-state index in [-0.39, 0.29) is 29.4 Å². The van der Waals surface area contributed by atoms with Crippen molar-refractivity contribution in [2.75, 3.05) is 7.11 Å². The predicted octanol–water partition coefficient (Wildman–Crippen LogP) is 4.74. The molecule has 0 amide bonds. The zero-order valence-corrected chi connectivity index (χ0v) is 21.3. The van der Waals surface area contributed by atoms with Crippen LogP contribution in [0.5, 0.6) is 5.88 Å². The molecular formula is C27H21F4N7O2. The number of fused-ring (bicyclic) bond motifs is 1. The van der Waals surface area contributed by atoms with Gasteiger partial charge < -0.3 is 9.30 Å². The van der Waals surface area contributed by atoms with Gasteiger partial charge in [-0.15, -0.1) is 0 Å². The minimum atomic E-state index is -4.65. The van der Waals surface area contributed by atoms with E-state index in [1.807, 2.05) is 0 Å². The molecule has 0 N–H and O–H groups in total. The lowest BCUT2D eigenvalue weighted by Crippen LogP contribution is -2.21. The fraction of sp³-hybridized carbons (Fsp3) is 0.259. The SMILES string of the molecule is COc1ncnc(C2CC2)c1-c1ncc2ccc(=O)n(Cc3ccc(-c4nc(C(F)(F)F)cn4C)c(F)c3)c2n1. The van der Waals surface area contributed by atoms with Crippen LogP contribution in [0, 0.1) is 5.82 Å². The van der Waals surface area contributed by atoms with E-state index in [4.69, 9.17) is 4.74 Å². The van der Waals surface area contributed by atoms with E-state index in [1.165, 1.54) is 49.3 Å². The molecule has 5 aromatic rings. The Balaban J connectivity index is 1.40. The second kappa shape index (κ2) is 9.50. The second-order valence-electron chi connectivity index (χ2n) is 9.52. The van der Waals surface area contributed by atoms with E-state index >= 15 is 4.39 Å². The monoisotopic (exact) mass is 551 g/mol. The maximum Gasteiger partial charge on any atom is 0.434 e. The van der Waals surface area contributed by atoms with Crippen molar-refractivity contribution < 1.29 is 22.3 Å². The van der Waals surface area contributed by atoms with Crippen molar-refractivity contribution in [3.05, 3.63) is 82.2 Å². The van der Waals surface area contributed by atoms with Crippen molar-refractivity contribution in [3.8, 4) is 28.7 Å². The zero-order valence-electron chi connectivity index (χ0n) is 21.3. The number of hydrogen-bond donors (Lipinski definition) is 0. The van der Waals surface area contributed by atoms with Gasteiger partial charge in [-0.3, -0.25) is 9.36 Å². The molecule has 1 aromatic carbocycles. The van der Waals surface area contributed by atoms with Crippen LogP contribution < -0.4 is 10.3 Å². The first-order chi connectivity index (χ1) is 19.1. The molecule has 6 rings (SSSR count). The third-order valence-electron chi connectivity index (χ3n) is 6.73. The van der Waals surface area contributed by atoms with E-state index in [0.717, 1.165) is 29.3 Å². The molecule has 1 saturated carbocycles. The molecule has 0 aliphatic heterocycles. The van der Waals surface area contributed by atoms with Gasteiger partial charge in [0.1, 0.15) is 29.2 Å². The highest BCUT2D eigenvalue weighted by molar-refractivity contribution is 5.78. The van der Waals surface area contributed by atoms with Gasteiger partial charge in [0, 0.05) is 36.8 Å². The average Bonchev–Trinajstić information content (AvgIpc) is 3.70. The maximum absolute atomic E-state index is 15.2. The highest BCUT2D eigenvalue weighted by Crippen LogP contribution is 2.44. The Hall–Kier alpha value is -4.68. The molecule has 0 radical (unpaired) electrons. The van der Waals surface area contributed by atoms with E-state index < -0.39 is 17.7 Å². The van der Waals surface area contributed by atoms with Crippen LogP contribution in [-0.2, 0) is 19.8 Å². The van der Waals surface area contributed by atoms with Gasteiger partial charge in [0.25, 0.3) is 5.56 Å². The first-order valence-corrected chi connectivity index (χ1v) is 12.3. The minimum absolute atomic E-state index is 0.0455. The van der Waals surface area contributed by atoms with Crippen LogP contribution in [0.15, 0.2) is 53.8 Å². The molecule has 9 nitrogen and oxygen atoms in total. The summed E-state index contributed by atoms with van der Waals surface area (Å²) in [5.41, 5.74) is 0.461. The number of ether oxygens (including phenoxy) is 1. The van der Waals surface area contributed by atoms with E-state index in [0.29, 0.717) is 33.9 Å². The molecule has 0 saturated heterocycles. The number of benzene rings is 1. The first-order valence-electron chi connectivity index (χ1n) is 12.3. The third-order valence-corrected chi connectivity index (χ3v) is 6.73. The van der Waals surface area contributed by atoms with Crippen LogP contribution in [0.3, 0.4) is 0 Å². The van der Waals surface area contributed by atoms with Crippen LogP contribution in [0.4, 0.5) is 17.6 Å². The summed E-state index contributed by atoms with van der Waals surface area (Å²) in [4.78, 5) is 34.3. The Labute approximate surface area is 224 Å². The molecule has 0 spiro atoms. The molecule has 4 heterocycles. The van der Waals surface area contributed by atoms with Gasteiger partial charge in [0.15, 0.2) is 11.5 Å². The van der Waals surface area contributed by atoms with E-state index in [2.05, 4.69) is 24.9 Å². The van der Waals surface area contributed by atoms with Gasteiger partial charge in [-0.25, -0.2) is 29.3 Å². The summed E-state index contributed by atoms with van der Waals surface area (Å²) in [6.07, 6.45) is 1.11. The lowest BCUT2D eigenvalue weighted by atomic mass is 10.1. The topological polar surface area (TPSA) is 101 Å². The number of aromatic nitrogens is 7. The largest absolute Gasteiger partial charge is 0.480 e. The summed E-state index contributed by atoms with van der Waals surface area (Å²) in [6, 6.07) is 7.01. The number of halogens is 4. The van der Waals surface area contributed by atoms with Gasteiger partial charge in [0.05, 0.1) is 24.9 Å². The molecule has 13 heteroatoms. The lowest BCUT2D eigenvalue weighted by molar-refractivity contribution is -0.140. The van der Waals surface area contributed by atoms with Crippen molar-refractivity contribution in [2.45, 2.75) is 31.5 Å². The lowest BCUT2D eigenvalue weighted by Gasteiger charge is -2.13. The third kappa shape index (κ3) is 4.56. The molecule has 1 aliphatic rings. The molecular weight excluding hydrogens is 530 g/mol. The molecule has 1 fully saturated rings. The smallest absolute Gasteiger partial charge is 0.434 e. The Morgan fingerprint density at radius 3 is 2.55 bits per heavy atom. The summed E-state index contributed by atoms with van der Waals surface area (Å²) in [7, 11) is 2.85. The molecule has 204 valence electrons. The Bertz CT molecular complexity index is 1830. The summed E-state index contributed by atoms with van der Waals surface area (Å²) in [5.74, 6) is -0.0772. The number of hydrogen-bond acceptors (Lipinski definition) is 7. The van der Waals surface area contributed by atoms with Gasteiger partial charge in [-0.1, -0.05) is 6.07 Å². The number of imidazole rings is 1. The fourth-order valence-corrected chi connectivity index (χ4v) is 4.63. The maximum atomic E-state index is 15.2. The standard InChI is InChI=1S/C27H21F4N7O2/c1-37-12-19(27(29,30)31)35-25(37)17-7-3-14(9-18(17)28)11-38-20(39)8-6-16-10-32-23(36-24(16)38)21-22(15-4-5-15)33-13-34-26(21)40-2/h3,6-10,12-13,15H,4-5,11H2,1-2H3. The van der Waals surface area contributed by atoms with E-state index in [1.54, 1.807) is 12.3 Å². The fourth-order valence-electron chi connectivity index (χ4n) is 4.63. The highest BCUT2D eigenvalue weighted by Gasteiger charge is 2.35. The predicted molar refractivity (Wildman–Crippen MR) is 136 cm³/mol. The Morgan fingerprint density at radius 2 is 1.88 bits per heavy atom. The van der Waals surface area contributed by atoms with Crippen molar-refractivity contribution in [2.24, 2.45) is 7.05 Å². The molecule has 40 heavy (non-hydrogen) atoms. The molecule has 0 atom stereocenters. The number of nitrogens with zero attached hydrogens (tertiary/aromatic N) is 7. The summed E-state index contributed by atoms with van der Waals surface area (Å²) in [6.45, 7) is -0.0455. The number of rotatable bonds is 6. The summed E-state index contributed by atoms with van der Waals surface area (Å²) in [5, 5.41) is 0.580. The zero-order chi connectivity index (χ0) is 28.2. The molecule has 4 aromatic heterocycles. The number of aryl methyl sites for hydroxylation is 1. The Morgan fingerprint density at radius 1 is 1.07 bits per heavy atom. The van der Waals surface area contributed by atoms with Crippen molar-refractivity contribution >= 4 is 11.0 Å². The Kier molecular flexibility index (Phi) is 6.08. The number of alkyl halides is 3. The van der Waals surface area contributed by atoms with Crippen LogP contribution in [0.1, 0.15) is 35.7 Å². The van der Waals surface area contributed by atoms with Crippen LogP contribution in [0.2, 0.25) is 0 Å². The van der Waals surface area contributed by atoms with Crippen LogP contribution >= 0.6 is 0 Å². The summed E-state index contributed by atoms with van der Waals surface area (Å²) >= 11 is 0. The summed E-state index contributed by atoms with van der Waals surface area (Å²) < 4.78 is 62.4. The first kappa shape index (κ1) is 25.6. The molecule has 1 aliphatic carbocycles. The van der Waals surface area contributed by atoms with Gasteiger partial charge in [-0.2, -0.15) is 13.2 Å². The number of pyridine rings is 1. The van der Waals surface area contributed by atoms with Gasteiger partial charge in [-0.05, 0) is 36.6 Å². The van der Waals surface area contributed by atoms with E-state index in [9.17, 15) is 18.0 Å². The highest BCUT2D eigenvalue weighted by atomic mass is 19.4.